The molecule has 0 atom stereocenters. The van der Waals surface area contributed by atoms with Crippen molar-refractivity contribution in [1.29, 1.82) is 0 Å². The maximum atomic E-state index is 5.88. The van der Waals surface area contributed by atoms with Gasteiger partial charge in [-0.1, -0.05) is 29.3 Å². The molecule has 0 saturated carbocycles. The van der Waals surface area contributed by atoms with Gasteiger partial charge in [0.05, 0.1) is 28.8 Å². The molecule has 134 valence electrons. The number of hydrogen-bond donors (Lipinski definition) is 0. The zero-order valence-electron chi connectivity index (χ0n) is 15.6. The summed E-state index contributed by atoms with van der Waals surface area (Å²) in [6, 6.07) is 8.54. The van der Waals surface area contributed by atoms with E-state index in [4.69, 9.17) is 4.74 Å². The quantitative estimate of drug-likeness (QED) is 0.481. The van der Waals surface area contributed by atoms with Gasteiger partial charge >= 0.3 is 0 Å². The van der Waals surface area contributed by atoms with E-state index in [1.54, 1.807) is 0 Å². The minimum atomic E-state index is 0.592. The molecule has 0 radical (unpaired) electrons. The van der Waals surface area contributed by atoms with Crippen molar-refractivity contribution in [3.63, 3.8) is 0 Å². The Morgan fingerprint density at radius 1 is 1.16 bits per heavy atom. The standard InChI is InChI=1S/C20H26BrN3O/c1-6-24(5)13-22-19-12-18(21)20(23-16(19)4)25-8-7-17-10-14(2)9-15(3)11-17/h9-13H,6-8H2,1-5H3/b22-13+. The molecule has 1 aromatic heterocycles. The summed E-state index contributed by atoms with van der Waals surface area (Å²) in [4.78, 5) is 11.0. The Morgan fingerprint density at radius 2 is 1.84 bits per heavy atom. The Morgan fingerprint density at radius 3 is 2.48 bits per heavy atom. The van der Waals surface area contributed by atoms with E-state index in [-0.39, 0.29) is 0 Å². The minimum absolute atomic E-state index is 0.592. The van der Waals surface area contributed by atoms with Gasteiger partial charge in [0, 0.05) is 20.0 Å². The first-order valence-corrected chi connectivity index (χ1v) is 9.30. The summed E-state index contributed by atoms with van der Waals surface area (Å²) in [5.74, 6) is 0.615. The summed E-state index contributed by atoms with van der Waals surface area (Å²) in [6.45, 7) is 9.77. The van der Waals surface area contributed by atoms with Gasteiger partial charge in [-0.15, -0.1) is 0 Å². The topological polar surface area (TPSA) is 37.7 Å². The number of pyridine rings is 1. The number of ether oxygens (including phenoxy) is 1. The molecule has 1 aromatic carbocycles. The highest BCUT2D eigenvalue weighted by atomic mass is 79.9. The van der Waals surface area contributed by atoms with Crippen LogP contribution in [-0.4, -0.2) is 36.4 Å². The molecule has 0 aliphatic rings. The van der Waals surface area contributed by atoms with Crippen molar-refractivity contribution < 1.29 is 4.74 Å². The van der Waals surface area contributed by atoms with E-state index >= 15 is 0 Å². The van der Waals surface area contributed by atoms with Gasteiger partial charge in [-0.3, -0.25) is 0 Å². The van der Waals surface area contributed by atoms with Crippen LogP contribution in [0.25, 0.3) is 0 Å². The summed E-state index contributed by atoms with van der Waals surface area (Å²) in [5, 5.41) is 0. The highest BCUT2D eigenvalue weighted by Crippen LogP contribution is 2.29. The molecule has 0 spiro atoms. The van der Waals surface area contributed by atoms with Crippen LogP contribution in [-0.2, 0) is 6.42 Å². The van der Waals surface area contributed by atoms with Gasteiger partial charge in [-0.2, -0.15) is 0 Å². The number of aliphatic imine (C=N–C) groups is 1. The Labute approximate surface area is 159 Å². The van der Waals surface area contributed by atoms with E-state index in [0.29, 0.717) is 12.5 Å². The van der Waals surface area contributed by atoms with Crippen LogP contribution in [0.4, 0.5) is 5.69 Å². The first-order chi connectivity index (χ1) is 11.9. The second-order valence-corrected chi connectivity index (χ2v) is 7.15. The van der Waals surface area contributed by atoms with Crippen molar-refractivity contribution in [2.75, 3.05) is 20.2 Å². The highest BCUT2D eigenvalue weighted by Gasteiger charge is 2.08. The van der Waals surface area contributed by atoms with Crippen molar-refractivity contribution in [3.05, 3.63) is 51.1 Å². The molecule has 0 unspecified atom stereocenters. The molecular formula is C20H26BrN3O. The van der Waals surface area contributed by atoms with Crippen molar-refractivity contribution in [3.8, 4) is 5.88 Å². The Kier molecular flexibility index (Phi) is 7.00. The molecular weight excluding hydrogens is 378 g/mol. The number of rotatable bonds is 7. The number of aryl methyl sites for hydroxylation is 3. The molecule has 1 heterocycles. The fraction of sp³-hybridized carbons (Fsp3) is 0.400. The van der Waals surface area contributed by atoms with Gasteiger partial charge in [0.25, 0.3) is 0 Å². The molecule has 0 bridgehead atoms. The molecule has 4 nitrogen and oxygen atoms in total. The monoisotopic (exact) mass is 403 g/mol. The van der Waals surface area contributed by atoms with Crippen LogP contribution < -0.4 is 4.74 Å². The second kappa shape index (κ2) is 8.99. The summed E-state index contributed by atoms with van der Waals surface area (Å²) >= 11 is 3.54. The van der Waals surface area contributed by atoms with Crippen LogP contribution in [0, 0.1) is 20.8 Å². The smallest absolute Gasteiger partial charge is 0.228 e. The number of benzene rings is 1. The average Bonchev–Trinajstić information content (AvgIpc) is 2.55. The van der Waals surface area contributed by atoms with Crippen LogP contribution in [0.2, 0.25) is 0 Å². The third kappa shape index (κ3) is 5.85. The fourth-order valence-electron chi connectivity index (χ4n) is 2.50. The maximum absolute atomic E-state index is 5.88. The van der Waals surface area contributed by atoms with Crippen molar-refractivity contribution >= 4 is 28.0 Å². The lowest BCUT2D eigenvalue weighted by atomic mass is 10.1. The number of hydrogen-bond acceptors (Lipinski definition) is 3. The molecule has 2 rings (SSSR count). The lowest BCUT2D eigenvalue weighted by Gasteiger charge is -2.11. The zero-order chi connectivity index (χ0) is 18.4. The third-order valence-corrected chi connectivity index (χ3v) is 4.48. The molecule has 0 fully saturated rings. The van der Waals surface area contributed by atoms with E-state index in [2.05, 4.69) is 64.9 Å². The van der Waals surface area contributed by atoms with E-state index in [1.807, 2.05) is 31.3 Å². The van der Waals surface area contributed by atoms with Gasteiger partial charge < -0.3 is 9.64 Å². The van der Waals surface area contributed by atoms with E-state index in [0.717, 1.165) is 28.8 Å². The molecule has 2 aromatic rings. The Hall–Kier alpha value is -1.88. The maximum Gasteiger partial charge on any atom is 0.228 e. The van der Waals surface area contributed by atoms with Gasteiger partial charge in [0.1, 0.15) is 0 Å². The zero-order valence-corrected chi connectivity index (χ0v) is 17.2. The first-order valence-electron chi connectivity index (χ1n) is 8.50. The van der Waals surface area contributed by atoms with Crippen molar-refractivity contribution in [1.82, 2.24) is 9.88 Å². The van der Waals surface area contributed by atoms with Crippen molar-refractivity contribution in [2.24, 2.45) is 4.99 Å². The molecule has 0 saturated heterocycles. The van der Waals surface area contributed by atoms with E-state index in [1.165, 1.54) is 16.7 Å². The summed E-state index contributed by atoms with van der Waals surface area (Å²) in [7, 11) is 1.99. The predicted molar refractivity (Wildman–Crippen MR) is 108 cm³/mol. The summed E-state index contributed by atoms with van der Waals surface area (Å²) in [6.07, 6.45) is 2.67. The molecule has 0 aliphatic heterocycles. The predicted octanol–water partition coefficient (Wildman–Crippen LogP) is 5.00. The lowest BCUT2D eigenvalue weighted by Crippen LogP contribution is -2.14. The summed E-state index contributed by atoms with van der Waals surface area (Å²) < 4.78 is 6.71. The largest absolute Gasteiger partial charge is 0.477 e. The molecule has 5 heteroatoms. The van der Waals surface area contributed by atoms with E-state index in [9.17, 15) is 0 Å². The Bertz CT molecular complexity index is 739. The Balaban J connectivity index is 2.02. The van der Waals surface area contributed by atoms with Gasteiger partial charge in [-0.25, -0.2) is 9.98 Å². The normalized spacial score (nSPS) is 11.1. The molecule has 0 N–H and O–H groups in total. The van der Waals surface area contributed by atoms with Gasteiger partial charge in [0.2, 0.25) is 5.88 Å². The molecule has 25 heavy (non-hydrogen) atoms. The van der Waals surface area contributed by atoms with Crippen LogP contribution in [0.5, 0.6) is 5.88 Å². The third-order valence-electron chi connectivity index (χ3n) is 3.91. The van der Waals surface area contributed by atoms with Crippen LogP contribution in [0.1, 0.15) is 29.3 Å². The average molecular weight is 404 g/mol. The summed E-state index contributed by atoms with van der Waals surface area (Å²) in [5.41, 5.74) is 5.54. The molecule has 0 aliphatic carbocycles. The van der Waals surface area contributed by atoms with Crippen LogP contribution >= 0.6 is 15.9 Å². The van der Waals surface area contributed by atoms with Gasteiger partial charge in [0.15, 0.2) is 0 Å². The minimum Gasteiger partial charge on any atom is -0.477 e. The lowest BCUT2D eigenvalue weighted by molar-refractivity contribution is 0.307. The highest BCUT2D eigenvalue weighted by molar-refractivity contribution is 9.10. The van der Waals surface area contributed by atoms with Crippen LogP contribution in [0.3, 0.4) is 0 Å². The van der Waals surface area contributed by atoms with Gasteiger partial charge in [-0.05, 0) is 55.3 Å². The number of nitrogens with zero attached hydrogens (tertiary/aromatic N) is 3. The van der Waals surface area contributed by atoms with E-state index < -0.39 is 0 Å². The molecule has 0 amide bonds. The SMILES string of the molecule is CCN(C)/C=N/c1cc(Br)c(OCCc2cc(C)cc(C)c2)nc1C. The van der Waals surface area contributed by atoms with Crippen molar-refractivity contribution in [2.45, 2.75) is 34.1 Å². The second-order valence-electron chi connectivity index (χ2n) is 6.29. The van der Waals surface area contributed by atoms with Crippen LogP contribution in [0.15, 0.2) is 33.7 Å². The first kappa shape index (κ1) is 19.4. The fourth-order valence-corrected chi connectivity index (χ4v) is 2.92. The number of aromatic nitrogens is 1. The number of halogens is 1.